The summed E-state index contributed by atoms with van der Waals surface area (Å²) in [4.78, 5) is 25.4. The lowest BCUT2D eigenvalue weighted by atomic mass is 10.3. The summed E-state index contributed by atoms with van der Waals surface area (Å²) in [5, 5.41) is 5.69. The first-order valence-corrected chi connectivity index (χ1v) is 6.84. The maximum atomic E-state index is 11.8. The van der Waals surface area contributed by atoms with Crippen molar-refractivity contribution < 1.29 is 9.59 Å². The third-order valence-electron chi connectivity index (χ3n) is 2.74. The molecule has 0 saturated carbocycles. The lowest BCUT2D eigenvalue weighted by molar-refractivity contribution is -0.126. The van der Waals surface area contributed by atoms with Crippen LogP contribution in [0.25, 0.3) is 0 Å². The number of hydrogen-bond acceptors (Lipinski definition) is 4. The zero-order chi connectivity index (χ0) is 13.1. The van der Waals surface area contributed by atoms with Gasteiger partial charge in [-0.2, -0.15) is 0 Å². The second kappa shape index (κ2) is 5.69. The van der Waals surface area contributed by atoms with Gasteiger partial charge in [0.1, 0.15) is 0 Å². The number of amides is 3. The Hall–Kier alpha value is -1.11. The Morgan fingerprint density at radius 1 is 1.67 bits per heavy atom. The summed E-state index contributed by atoms with van der Waals surface area (Å²) in [6.07, 6.45) is 0. The quantitative estimate of drug-likeness (QED) is 0.884. The lowest BCUT2D eigenvalue weighted by Gasteiger charge is -2.15. The molecule has 98 valence electrons. The molecule has 2 rings (SSSR count). The first-order chi connectivity index (χ1) is 8.58. The number of imide groups is 1. The van der Waals surface area contributed by atoms with Gasteiger partial charge < -0.3 is 10.6 Å². The van der Waals surface area contributed by atoms with Gasteiger partial charge in [0, 0.05) is 24.0 Å². The number of carbonyl (C=O) groups is 2. The molecule has 3 amide bonds. The molecule has 0 unspecified atom stereocenters. The van der Waals surface area contributed by atoms with Crippen LogP contribution in [0, 0.1) is 0 Å². The SMILES string of the molecule is C[C@@H](NCC(=O)N1CCNC1=O)c1ccc(Cl)s1. The summed E-state index contributed by atoms with van der Waals surface area (Å²) in [6, 6.07) is 3.48. The van der Waals surface area contributed by atoms with Crippen LogP contribution in [0.5, 0.6) is 0 Å². The van der Waals surface area contributed by atoms with Gasteiger partial charge in [0.05, 0.1) is 10.9 Å². The minimum Gasteiger partial charge on any atom is -0.336 e. The first-order valence-electron chi connectivity index (χ1n) is 5.64. The Bertz CT molecular complexity index is 463. The van der Waals surface area contributed by atoms with Gasteiger partial charge in [-0.3, -0.25) is 9.69 Å². The smallest absolute Gasteiger partial charge is 0.324 e. The minimum absolute atomic E-state index is 0.0390. The second-order valence-corrected chi connectivity index (χ2v) is 5.77. The average Bonchev–Trinajstić information content (AvgIpc) is 2.94. The van der Waals surface area contributed by atoms with Gasteiger partial charge in [-0.15, -0.1) is 11.3 Å². The van der Waals surface area contributed by atoms with Crippen LogP contribution >= 0.6 is 22.9 Å². The van der Waals surface area contributed by atoms with Crippen molar-refractivity contribution in [3.63, 3.8) is 0 Å². The molecule has 0 radical (unpaired) electrons. The fraction of sp³-hybridized carbons (Fsp3) is 0.455. The highest BCUT2D eigenvalue weighted by Crippen LogP contribution is 2.26. The third kappa shape index (κ3) is 3.01. The summed E-state index contributed by atoms with van der Waals surface area (Å²) in [5.74, 6) is -0.209. The molecular weight excluding hydrogens is 274 g/mol. The Balaban J connectivity index is 1.84. The van der Waals surface area contributed by atoms with Crippen molar-refractivity contribution >= 4 is 34.9 Å². The van der Waals surface area contributed by atoms with E-state index in [-0.39, 0.29) is 24.5 Å². The summed E-state index contributed by atoms with van der Waals surface area (Å²) in [5.41, 5.74) is 0. The Kier molecular flexibility index (Phi) is 4.21. The van der Waals surface area contributed by atoms with E-state index in [1.807, 2.05) is 19.1 Å². The number of thiophene rings is 1. The van der Waals surface area contributed by atoms with Crippen LogP contribution in [-0.4, -0.2) is 36.5 Å². The molecule has 0 spiro atoms. The Morgan fingerprint density at radius 3 is 3.00 bits per heavy atom. The van der Waals surface area contributed by atoms with Gasteiger partial charge in [-0.1, -0.05) is 11.6 Å². The maximum absolute atomic E-state index is 11.8. The number of halogens is 1. The van der Waals surface area contributed by atoms with Crippen LogP contribution < -0.4 is 10.6 Å². The molecule has 2 N–H and O–H groups in total. The molecule has 1 aliphatic heterocycles. The topological polar surface area (TPSA) is 61.4 Å². The van der Waals surface area contributed by atoms with Crippen molar-refractivity contribution in [1.29, 1.82) is 0 Å². The van der Waals surface area contributed by atoms with Crippen LogP contribution in [0.2, 0.25) is 4.34 Å². The fourth-order valence-corrected chi connectivity index (χ4v) is 2.79. The van der Waals surface area contributed by atoms with Gasteiger partial charge in [-0.05, 0) is 19.1 Å². The molecule has 0 bridgehead atoms. The summed E-state index contributed by atoms with van der Waals surface area (Å²) >= 11 is 7.33. The summed E-state index contributed by atoms with van der Waals surface area (Å²) in [7, 11) is 0. The number of rotatable bonds is 4. The van der Waals surface area contributed by atoms with Crippen molar-refractivity contribution in [1.82, 2.24) is 15.5 Å². The van der Waals surface area contributed by atoms with Crippen molar-refractivity contribution in [2.24, 2.45) is 0 Å². The van der Waals surface area contributed by atoms with Crippen LogP contribution in [0.15, 0.2) is 12.1 Å². The predicted molar refractivity (Wildman–Crippen MR) is 70.9 cm³/mol. The van der Waals surface area contributed by atoms with E-state index in [4.69, 9.17) is 11.6 Å². The largest absolute Gasteiger partial charge is 0.336 e. The molecule has 1 fully saturated rings. The van der Waals surface area contributed by atoms with E-state index in [1.54, 1.807) is 0 Å². The van der Waals surface area contributed by atoms with E-state index in [0.29, 0.717) is 13.1 Å². The summed E-state index contributed by atoms with van der Waals surface area (Å²) in [6.45, 7) is 3.07. The maximum Gasteiger partial charge on any atom is 0.324 e. The predicted octanol–water partition coefficient (Wildman–Crippen LogP) is 1.60. The number of nitrogens with zero attached hydrogens (tertiary/aromatic N) is 1. The lowest BCUT2D eigenvalue weighted by Crippen LogP contribution is -2.40. The molecule has 2 heterocycles. The van der Waals surface area contributed by atoms with Crippen molar-refractivity contribution in [2.75, 3.05) is 19.6 Å². The highest BCUT2D eigenvalue weighted by atomic mass is 35.5. The Labute approximate surface area is 114 Å². The number of carbonyl (C=O) groups excluding carboxylic acids is 2. The molecule has 1 aromatic rings. The van der Waals surface area contributed by atoms with E-state index >= 15 is 0 Å². The standard InChI is InChI=1S/C11H14ClN3O2S/c1-7(8-2-3-9(12)18-8)14-6-10(16)15-5-4-13-11(15)17/h2-3,7,14H,4-6H2,1H3,(H,13,17)/t7-/m1/s1. The molecule has 18 heavy (non-hydrogen) atoms. The molecule has 0 aromatic carbocycles. The van der Waals surface area contributed by atoms with Crippen molar-refractivity contribution in [2.45, 2.75) is 13.0 Å². The second-order valence-electron chi connectivity index (χ2n) is 4.02. The average molecular weight is 288 g/mol. The molecular formula is C11H14ClN3O2S. The molecule has 7 heteroatoms. The molecule has 5 nitrogen and oxygen atoms in total. The zero-order valence-electron chi connectivity index (χ0n) is 9.90. The highest BCUT2D eigenvalue weighted by Gasteiger charge is 2.25. The monoisotopic (exact) mass is 287 g/mol. The van der Waals surface area contributed by atoms with Crippen LogP contribution in [0.4, 0.5) is 4.79 Å². The minimum atomic E-state index is -0.311. The normalized spacial score (nSPS) is 16.8. The van der Waals surface area contributed by atoms with E-state index in [0.717, 1.165) is 9.21 Å². The van der Waals surface area contributed by atoms with Crippen molar-refractivity contribution in [3.8, 4) is 0 Å². The molecule has 0 aliphatic carbocycles. The third-order valence-corrected chi connectivity index (χ3v) is 4.15. The van der Waals surface area contributed by atoms with Gasteiger partial charge in [0.25, 0.3) is 0 Å². The van der Waals surface area contributed by atoms with E-state index in [1.165, 1.54) is 16.2 Å². The zero-order valence-corrected chi connectivity index (χ0v) is 11.5. The van der Waals surface area contributed by atoms with Gasteiger partial charge in [-0.25, -0.2) is 4.79 Å². The van der Waals surface area contributed by atoms with E-state index in [2.05, 4.69) is 10.6 Å². The molecule has 1 aliphatic rings. The molecule has 1 aromatic heterocycles. The number of hydrogen-bond donors (Lipinski definition) is 2. The highest BCUT2D eigenvalue weighted by molar-refractivity contribution is 7.16. The number of nitrogens with one attached hydrogen (secondary N) is 2. The van der Waals surface area contributed by atoms with Crippen LogP contribution in [-0.2, 0) is 4.79 Å². The van der Waals surface area contributed by atoms with E-state index in [9.17, 15) is 9.59 Å². The van der Waals surface area contributed by atoms with Gasteiger partial charge in [0.15, 0.2) is 0 Å². The summed E-state index contributed by atoms with van der Waals surface area (Å²) < 4.78 is 0.726. The fourth-order valence-electron chi connectivity index (χ4n) is 1.71. The van der Waals surface area contributed by atoms with Gasteiger partial charge >= 0.3 is 6.03 Å². The molecule has 1 saturated heterocycles. The Morgan fingerprint density at radius 2 is 2.44 bits per heavy atom. The van der Waals surface area contributed by atoms with Crippen molar-refractivity contribution in [3.05, 3.63) is 21.3 Å². The molecule has 1 atom stereocenters. The van der Waals surface area contributed by atoms with Crippen LogP contribution in [0.3, 0.4) is 0 Å². The number of urea groups is 1. The first kappa shape index (κ1) is 13.3. The van der Waals surface area contributed by atoms with Crippen LogP contribution in [0.1, 0.15) is 17.8 Å². The van der Waals surface area contributed by atoms with E-state index < -0.39 is 0 Å². The van der Waals surface area contributed by atoms with Gasteiger partial charge in [0.2, 0.25) is 5.91 Å².